The van der Waals surface area contributed by atoms with Crippen molar-refractivity contribution >= 4 is 33.1 Å². The third kappa shape index (κ3) is 2.61. The predicted molar refractivity (Wildman–Crippen MR) is 93.6 cm³/mol. The van der Waals surface area contributed by atoms with Crippen LogP contribution in [0.15, 0.2) is 18.2 Å². The Bertz CT molecular complexity index is 930. The fraction of sp³-hybridized carbons (Fsp3) is 0.188. The van der Waals surface area contributed by atoms with Crippen LogP contribution in [0, 0.1) is 6.92 Å². The van der Waals surface area contributed by atoms with Gasteiger partial charge < -0.3 is 20.9 Å². The Morgan fingerprint density at radius 2 is 1.75 bits per heavy atom. The van der Waals surface area contributed by atoms with E-state index in [0.29, 0.717) is 43.8 Å². The van der Waals surface area contributed by atoms with Crippen LogP contribution < -0.4 is 20.9 Å². The number of hydrogen-bond acceptors (Lipinski definition) is 7. The number of nitrogen functional groups attached to an aromatic ring is 1. The molecule has 1 amide bonds. The molecule has 24 heavy (non-hydrogen) atoms. The molecule has 3 aromatic rings. The molecule has 0 aliphatic rings. The second-order valence-corrected chi connectivity index (χ2v) is 6.12. The predicted octanol–water partition coefficient (Wildman–Crippen LogP) is 2.37. The molecule has 1 aromatic carbocycles. The third-order valence-electron chi connectivity index (χ3n) is 3.60. The molecule has 0 aliphatic heterocycles. The van der Waals surface area contributed by atoms with Gasteiger partial charge in [0.1, 0.15) is 21.2 Å². The van der Waals surface area contributed by atoms with E-state index >= 15 is 0 Å². The maximum Gasteiger partial charge on any atom is 0.260 e. The summed E-state index contributed by atoms with van der Waals surface area (Å²) in [5, 5.41) is 0.660. The number of ether oxygens (including phenoxy) is 2. The molecule has 0 radical (unpaired) electrons. The molecule has 0 saturated carbocycles. The van der Waals surface area contributed by atoms with Gasteiger partial charge in [0.25, 0.3) is 5.91 Å². The zero-order chi connectivity index (χ0) is 17.4. The van der Waals surface area contributed by atoms with Crippen LogP contribution in [-0.2, 0) is 0 Å². The van der Waals surface area contributed by atoms with Crippen LogP contribution in [0.25, 0.3) is 21.6 Å². The molecule has 0 atom stereocenters. The first-order valence-corrected chi connectivity index (χ1v) is 7.86. The van der Waals surface area contributed by atoms with E-state index in [-0.39, 0.29) is 0 Å². The number of thiophene rings is 1. The molecule has 0 aliphatic carbocycles. The number of primary amides is 1. The van der Waals surface area contributed by atoms with E-state index in [1.807, 2.05) is 19.1 Å². The van der Waals surface area contributed by atoms with E-state index < -0.39 is 5.91 Å². The molecule has 0 saturated heterocycles. The maximum absolute atomic E-state index is 11.5. The standard InChI is InChI=1S/C16H16N4O3S/c1-7-11-12(17)13(14(18)21)24-16(11)20-15(19-7)8-4-9(22-2)6-10(5-8)23-3/h4-6H,17H2,1-3H3,(H2,18,21). The lowest BCUT2D eigenvalue weighted by atomic mass is 10.1. The van der Waals surface area contributed by atoms with Crippen LogP contribution in [0.1, 0.15) is 15.4 Å². The van der Waals surface area contributed by atoms with Crippen molar-refractivity contribution in [3.05, 3.63) is 28.8 Å². The summed E-state index contributed by atoms with van der Waals surface area (Å²) in [6.45, 7) is 1.82. The zero-order valence-electron chi connectivity index (χ0n) is 13.4. The number of hydrogen-bond donors (Lipinski definition) is 2. The SMILES string of the molecule is COc1cc(OC)cc(-c2nc(C)c3c(N)c(C(N)=O)sc3n2)c1. The summed E-state index contributed by atoms with van der Waals surface area (Å²) in [6, 6.07) is 5.40. The van der Waals surface area contributed by atoms with Crippen molar-refractivity contribution < 1.29 is 14.3 Å². The molecule has 2 heterocycles. The van der Waals surface area contributed by atoms with Gasteiger partial charge in [-0.05, 0) is 19.1 Å². The Labute approximate surface area is 142 Å². The van der Waals surface area contributed by atoms with Gasteiger partial charge in [-0.25, -0.2) is 9.97 Å². The first kappa shape index (κ1) is 16.0. The Kier molecular flexibility index (Phi) is 3.98. The Hall–Kier alpha value is -2.87. The molecule has 3 rings (SSSR count). The molecular formula is C16H16N4O3S. The first-order valence-electron chi connectivity index (χ1n) is 7.04. The summed E-state index contributed by atoms with van der Waals surface area (Å²) < 4.78 is 10.6. The Balaban J connectivity index is 2.23. The highest BCUT2D eigenvalue weighted by Crippen LogP contribution is 2.36. The minimum absolute atomic E-state index is 0.294. The smallest absolute Gasteiger partial charge is 0.260 e. The normalized spacial score (nSPS) is 10.8. The maximum atomic E-state index is 11.5. The van der Waals surface area contributed by atoms with Crippen LogP contribution in [0.4, 0.5) is 5.69 Å². The summed E-state index contributed by atoms with van der Waals surface area (Å²) in [6.07, 6.45) is 0. The second-order valence-electron chi connectivity index (χ2n) is 5.12. The number of aryl methyl sites for hydroxylation is 1. The topological polar surface area (TPSA) is 113 Å². The summed E-state index contributed by atoms with van der Waals surface area (Å²) in [4.78, 5) is 21.4. The van der Waals surface area contributed by atoms with Crippen LogP contribution in [0.2, 0.25) is 0 Å². The van der Waals surface area contributed by atoms with Crippen molar-refractivity contribution in [2.45, 2.75) is 6.92 Å². The number of benzene rings is 1. The van der Waals surface area contributed by atoms with Gasteiger partial charge in [-0.15, -0.1) is 11.3 Å². The highest BCUT2D eigenvalue weighted by Gasteiger charge is 2.19. The number of amides is 1. The zero-order valence-corrected chi connectivity index (χ0v) is 14.2. The van der Waals surface area contributed by atoms with Gasteiger partial charge in [0.05, 0.1) is 31.0 Å². The van der Waals surface area contributed by atoms with E-state index in [4.69, 9.17) is 20.9 Å². The molecule has 0 bridgehead atoms. The number of rotatable bonds is 4. The lowest BCUT2D eigenvalue weighted by molar-refractivity contribution is 0.100. The number of anilines is 1. The molecule has 124 valence electrons. The Morgan fingerprint density at radius 3 is 2.29 bits per heavy atom. The molecule has 0 spiro atoms. The van der Waals surface area contributed by atoms with Crippen molar-refractivity contribution in [3.63, 3.8) is 0 Å². The van der Waals surface area contributed by atoms with Crippen molar-refractivity contribution in [3.8, 4) is 22.9 Å². The highest BCUT2D eigenvalue weighted by molar-refractivity contribution is 7.21. The van der Waals surface area contributed by atoms with Crippen LogP contribution >= 0.6 is 11.3 Å². The summed E-state index contributed by atoms with van der Waals surface area (Å²) in [5.74, 6) is 1.19. The first-order chi connectivity index (χ1) is 11.4. The average Bonchev–Trinajstić information content (AvgIpc) is 2.91. The average molecular weight is 344 g/mol. The third-order valence-corrected chi connectivity index (χ3v) is 4.72. The van der Waals surface area contributed by atoms with Crippen molar-refractivity contribution in [1.29, 1.82) is 0 Å². The van der Waals surface area contributed by atoms with Gasteiger partial charge in [0, 0.05) is 11.6 Å². The number of aromatic nitrogens is 2. The second kappa shape index (κ2) is 5.97. The van der Waals surface area contributed by atoms with Gasteiger partial charge in [-0.3, -0.25) is 4.79 Å². The summed E-state index contributed by atoms with van der Waals surface area (Å²) in [5.41, 5.74) is 13.1. The number of methoxy groups -OCH3 is 2. The largest absolute Gasteiger partial charge is 0.497 e. The quantitative estimate of drug-likeness (QED) is 0.751. The number of nitrogens with two attached hydrogens (primary N) is 2. The van der Waals surface area contributed by atoms with Crippen LogP contribution in [0.3, 0.4) is 0 Å². The lowest BCUT2D eigenvalue weighted by Gasteiger charge is -2.08. The van der Waals surface area contributed by atoms with E-state index in [2.05, 4.69) is 9.97 Å². The molecule has 0 unspecified atom stereocenters. The molecule has 8 heteroatoms. The van der Waals surface area contributed by atoms with Crippen molar-refractivity contribution in [1.82, 2.24) is 9.97 Å². The number of fused-ring (bicyclic) bond motifs is 1. The van der Waals surface area contributed by atoms with E-state index in [0.717, 1.165) is 16.9 Å². The van der Waals surface area contributed by atoms with Gasteiger partial charge >= 0.3 is 0 Å². The van der Waals surface area contributed by atoms with E-state index in [1.165, 1.54) is 0 Å². The summed E-state index contributed by atoms with van der Waals surface area (Å²) in [7, 11) is 3.15. The fourth-order valence-electron chi connectivity index (χ4n) is 2.44. The Morgan fingerprint density at radius 1 is 1.12 bits per heavy atom. The number of carbonyl (C=O) groups excluding carboxylic acids is 1. The molecular weight excluding hydrogens is 328 g/mol. The van der Waals surface area contributed by atoms with Gasteiger partial charge in [-0.2, -0.15) is 0 Å². The van der Waals surface area contributed by atoms with Crippen molar-refractivity contribution in [2.24, 2.45) is 5.73 Å². The van der Waals surface area contributed by atoms with Gasteiger partial charge in [0.15, 0.2) is 5.82 Å². The minimum Gasteiger partial charge on any atom is -0.497 e. The fourth-order valence-corrected chi connectivity index (χ4v) is 3.44. The molecule has 0 fully saturated rings. The highest BCUT2D eigenvalue weighted by atomic mass is 32.1. The van der Waals surface area contributed by atoms with Gasteiger partial charge in [0.2, 0.25) is 0 Å². The molecule has 4 N–H and O–H groups in total. The minimum atomic E-state index is -0.570. The molecule has 7 nitrogen and oxygen atoms in total. The molecule has 2 aromatic heterocycles. The lowest BCUT2D eigenvalue weighted by Crippen LogP contribution is -2.10. The van der Waals surface area contributed by atoms with E-state index in [9.17, 15) is 4.79 Å². The van der Waals surface area contributed by atoms with Crippen molar-refractivity contribution in [2.75, 3.05) is 20.0 Å². The van der Waals surface area contributed by atoms with Gasteiger partial charge in [-0.1, -0.05) is 0 Å². The summed E-state index contributed by atoms with van der Waals surface area (Å²) >= 11 is 1.16. The van der Waals surface area contributed by atoms with E-state index in [1.54, 1.807) is 20.3 Å². The van der Waals surface area contributed by atoms with Crippen LogP contribution in [0.5, 0.6) is 11.5 Å². The van der Waals surface area contributed by atoms with Crippen LogP contribution in [-0.4, -0.2) is 30.1 Å². The number of nitrogens with zero attached hydrogens (tertiary/aromatic N) is 2. The monoisotopic (exact) mass is 344 g/mol. The number of carbonyl (C=O) groups is 1.